The van der Waals surface area contributed by atoms with Gasteiger partial charge in [-0.15, -0.1) is 0 Å². The molecule has 1 atom stereocenters. The number of hydrogen-bond donors (Lipinski definition) is 1. The fourth-order valence-corrected chi connectivity index (χ4v) is 2.72. The van der Waals surface area contributed by atoms with Gasteiger partial charge in [-0.2, -0.15) is 0 Å². The third-order valence-corrected chi connectivity index (χ3v) is 3.83. The summed E-state index contributed by atoms with van der Waals surface area (Å²) in [6, 6.07) is 16.3. The monoisotopic (exact) mass is 285 g/mol. The van der Waals surface area contributed by atoms with Crippen molar-refractivity contribution in [3.63, 3.8) is 0 Å². The number of halogens is 1. The molecule has 4 heteroatoms. The third-order valence-electron chi connectivity index (χ3n) is 3.83. The van der Waals surface area contributed by atoms with Gasteiger partial charge in [0.25, 0.3) is 5.91 Å². The van der Waals surface area contributed by atoms with Crippen molar-refractivity contribution in [3.8, 4) is 0 Å². The minimum Gasteiger partial charge on any atom is -0.322 e. The maximum absolute atomic E-state index is 12.9. The van der Waals surface area contributed by atoms with Gasteiger partial charge in [0.05, 0.1) is 13.1 Å². The zero-order chi connectivity index (χ0) is 14.7. The summed E-state index contributed by atoms with van der Waals surface area (Å²) in [5.74, 6) is -0.182. The van der Waals surface area contributed by atoms with E-state index < -0.39 is 0 Å². The number of carbonyl (C=O) groups excluding carboxylic acids is 1. The first-order valence-electron chi connectivity index (χ1n) is 7.16. The average Bonchev–Trinajstić information content (AvgIpc) is 2.50. The molecule has 1 heterocycles. The molecule has 2 aromatic carbocycles. The molecule has 1 fully saturated rings. The molecule has 0 saturated carbocycles. The van der Waals surface area contributed by atoms with Crippen LogP contribution in [0.25, 0.3) is 0 Å². The molecular weight excluding hydrogens is 267 g/mol. The third kappa shape index (κ3) is 3.28. The molecule has 2 aromatic rings. The van der Waals surface area contributed by atoms with Crippen molar-refractivity contribution in [2.75, 3.05) is 24.5 Å². The summed E-state index contributed by atoms with van der Waals surface area (Å²) in [5, 5.41) is 0. The first-order valence-corrected chi connectivity index (χ1v) is 7.16. The average molecular weight is 285 g/mol. The molecule has 3 rings (SSSR count). The normalized spacial score (nSPS) is 18.8. The van der Waals surface area contributed by atoms with Crippen LogP contribution in [0, 0.1) is 5.82 Å². The highest BCUT2D eigenvalue weighted by molar-refractivity contribution is 5.94. The second-order valence-electron chi connectivity index (χ2n) is 5.36. The second-order valence-corrected chi connectivity index (χ2v) is 5.36. The predicted molar refractivity (Wildman–Crippen MR) is 79.6 cm³/mol. The van der Waals surface area contributed by atoms with Gasteiger partial charge in [-0.05, 0) is 24.3 Å². The van der Waals surface area contributed by atoms with Crippen molar-refractivity contribution in [2.24, 2.45) is 0 Å². The largest absolute Gasteiger partial charge is 0.322 e. The molecule has 0 aliphatic carbocycles. The van der Waals surface area contributed by atoms with E-state index in [1.165, 1.54) is 22.6 Å². The lowest BCUT2D eigenvalue weighted by molar-refractivity contribution is -0.906. The van der Waals surface area contributed by atoms with E-state index in [4.69, 9.17) is 0 Å². The first kappa shape index (κ1) is 13.8. The summed E-state index contributed by atoms with van der Waals surface area (Å²) in [5.41, 5.74) is 2.02. The van der Waals surface area contributed by atoms with E-state index >= 15 is 0 Å². The number of nitrogens with one attached hydrogen (secondary N) is 1. The van der Waals surface area contributed by atoms with E-state index in [1.807, 2.05) is 18.2 Å². The number of hydrogen-bond acceptors (Lipinski definition) is 1. The van der Waals surface area contributed by atoms with E-state index in [2.05, 4.69) is 12.1 Å². The van der Waals surface area contributed by atoms with Crippen molar-refractivity contribution in [1.82, 2.24) is 0 Å². The van der Waals surface area contributed by atoms with E-state index in [1.54, 1.807) is 17.0 Å². The van der Waals surface area contributed by atoms with Gasteiger partial charge in [0.1, 0.15) is 12.4 Å². The van der Waals surface area contributed by atoms with Crippen LogP contribution < -0.4 is 9.80 Å². The van der Waals surface area contributed by atoms with E-state index in [0.29, 0.717) is 13.1 Å². The van der Waals surface area contributed by atoms with Crippen LogP contribution in [-0.4, -0.2) is 25.5 Å². The minimum absolute atomic E-state index is 0.0961. The molecule has 1 saturated heterocycles. The van der Waals surface area contributed by atoms with Crippen LogP contribution in [0.15, 0.2) is 54.6 Å². The second kappa shape index (κ2) is 6.06. The number of amides is 1. The van der Waals surface area contributed by atoms with Gasteiger partial charge in [-0.1, -0.05) is 30.3 Å². The number of piperazine rings is 1. The first-order chi connectivity index (χ1) is 10.2. The van der Waals surface area contributed by atoms with E-state index in [0.717, 1.165) is 18.8 Å². The maximum Gasteiger partial charge on any atom is 0.282 e. The summed E-state index contributed by atoms with van der Waals surface area (Å²) >= 11 is 0. The zero-order valence-corrected chi connectivity index (χ0v) is 11.8. The van der Waals surface area contributed by atoms with Crippen LogP contribution in [0.5, 0.6) is 0 Å². The molecule has 0 radical (unpaired) electrons. The standard InChI is InChI=1S/C17H17FN2O/c18-15-6-8-16(9-7-15)20-11-10-19(13-17(20)21)12-14-4-2-1-3-5-14/h1-9H,10-13H2/p+1. The zero-order valence-electron chi connectivity index (χ0n) is 11.8. The Morgan fingerprint density at radius 2 is 1.76 bits per heavy atom. The predicted octanol–water partition coefficient (Wildman–Crippen LogP) is 1.26. The Morgan fingerprint density at radius 1 is 1.05 bits per heavy atom. The summed E-state index contributed by atoms with van der Waals surface area (Å²) in [6.07, 6.45) is 0. The Labute approximate surface area is 123 Å². The SMILES string of the molecule is O=C1C[NH+](Cc2ccccc2)CCN1c1ccc(F)cc1. The summed E-state index contributed by atoms with van der Waals surface area (Å²) in [7, 11) is 0. The van der Waals surface area contributed by atoms with E-state index in [-0.39, 0.29) is 11.7 Å². The Kier molecular flexibility index (Phi) is 3.97. The van der Waals surface area contributed by atoms with Gasteiger partial charge in [-0.25, -0.2) is 4.39 Å². The van der Waals surface area contributed by atoms with Crippen molar-refractivity contribution in [1.29, 1.82) is 0 Å². The number of quaternary nitrogens is 1. The topological polar surface area (TPSA) is 24.8 Å². The van der Waals surface area contributed by atoms with Gasteiger partial charge >= 0.3 is 0 Å². The number of rotatable bonds is 3. The number of nitrogens with zero attached hydrogens (tertiary/aromatic N) is 1. The van der Waals surface area contributed by atoms with Gasteiger partial charge in [0.2, 0.25) is 0 Å². The van der Waals surface area contributed by atoms with Crippen molar-refractivity contribution in [2.45, 2.75) is 6.54 Å². The molecule has 1 aliphatic heterocycles. The lowest BCUT2D eigenvalue weighted by atomic mass is 10.2. The summed E-state index contributed by atoms with van der Waals surface area (Å²) in [6.45, 7) is 2.92. The highest BCUT2D eigenvalue weighted by atomic mass is 19.1. The molecule has 3 nitrogen and oxygen atoms in total. The summed E-state index contributed by atoms with van der Waals surface area (Å²) < 4.78 is 12.9. The van der Waals surface area contributed by atoms with Crippen molar-refractivity contribution in [3.05, 3.63) is 66.0 Å². The fourth-order valence-electron chi connectivity index (χ4n) is 2.72. The number of anilines is 1. The molecule has 1 aliphatic rings. The van der Waals surface area contributed by atoms with E-state index in [9.17, 15) is 9.18 Å². The van der Waals surface area contributed by atoms with Crippen LogP contribution in [0.3, 0.4) is 0 Å². The fraction of sp³-hybridized carbons (Fsp3) is 0.235. The lowest BCUT2D eigenvalue weighted by Gasteiger charge is -2.31. The smallest absolute Gasteiger partial charge is 0.282 e. The Hall–Kier alpha value is -2.20. The quantitative estimate of drug-likeness (QED) is 0.902. The molecule has 21 heavy (non-hydrogen) atoms. The molecule has 0 bridgehead atoms. The number of benzene rings is 2. The van der Waals surface area contributed by atoms with Crippen molar-refractivity contribution >= 4 is 11.6 Å². The van der Waals surface area contributed by atoms with Crippen LogP contribution in [0.4, 0.5) is 10.1 Å². The van der Waals surface area contributed by atoms with Gasteiger partial charge < -0.3 is 9.80 Å². The molecular formula is C17H18FN2O+. The molecule has 1 unspecified atom stereocenters. The Bertz CT molecular complexity index is 612. The van der Waals surface area contributed by atoms with Crippen LogP contribution in [-0.2, 0) is 11.3 Å². The highest BCUT2D eigenvalue weighted by Crippen LogP contribution is 2.15. The van der Waals surface area contributed by atoms with Crippen molar-refractivity contribution < 1.29 is 14.1 Å². The van der Waals surface area contributed by atoms with Gasteiger partial charge in [0, 0.05) is 11.3 Å². The van der Waals surface area contributed by atoms with Crippen LogP contribution >= 0.6 is 0 Å². The molecule has 1 N–H and O–H groups in total. The molecule has 0 aromatic heterocycles. The Balaban J connectivity index is 1.64. The Morgan fingerprint density at radius 3 is 2.43 bits per heavy atom. The molecule has 1 amide bonds. The summed E-state index contributed by atoms with van der Waals surface area (Å²) in [4.78, 5) is 15.3. The molecule has 0 spiro atoms. The van der Waals surface area contributed by atoms with Gasteiger partial charge in [0.15, 0.2) is 6.54 Å². The minimum atomic E-state index is -0.278. The lowest BCUT2D eigenvalue weighted by Crippen LogP contribution is -3.14. The maximum atomic E-state index is 12.9. The number of carbonyl (C=O) groups is 1. The van der Waals surface area contributed by atoms with Crippen LogP contribution in [0.2, 0.25) is 0 Å². The molecule has 108 valence electrons. The van der Waals surface area contributed by atoms with Gasteiger partial charge in [-0.3, -0.25) is 4.79 Å². The highest BCUT2D eigenvalue weighted by Gasteiger charge is 2.27. The van der Waals surface area contributed by atoms with Crippen LogP contribution in [0.1, 0.15) is 5.56 Å².